The smallest absolute Gasteiger partial charge is 0.316 e. The normalized spacial score (nSPS) is 17.9. The van der Waals surface area contributed by atoms with Gasteiger partial charge in [-0.15, -0.1) is 0 Å². The molecule has 0 saturated carbocycles. The summed E-state index contributed by atoms with van der Waals surface area (Å²) in [6.45, 7) is 3.50. The second-order valence-electron chi connectivity index (χ2n) is 5.89. The average Bonchev–Trinajstić information content (AvgIpc) is 2.68. The van der Waals surface area contributed by atoms with Gasteiger partial charge in [0.2, 0.25) is 5.91 Å². The van der Waals surface area contributed by atoms with Gasteiger partial charge in [0.25, 0.3) is 0 Å². The largest absolute Gasteiger partial charge is 0.467 e. The number of aromatic nitrogens is 3. The molecule has 0 aromatic carbocycles. The third kappa shape index (κ3) is 4.94. The number of piperazine rings is 1. The molecule has 1 saturated heterocycles. The first-order valence-corrected chi connectivity index (χ1v) is 8.22. The van der Waals surface area contributed by atoms with Crippen LogP contribution in [-0.2, 0) is 17.9 Å². The molecule has 3 rings (SSSR count). The number of nitrogens with zero attached hydrogens (tertiary/aromatic N) is 4. The van der Waals surface area contributed by atoms with Crippen molar-refractivity contribution in [1.29, 1.82) is 0 Å². The number of nitrogens with one attached hydrogen (secondary N) is 2. The highest BCUT2D eigenvalue weighted by atomic mass is 16.5. The van der Waals surface area contributed by atoms with Crippen LogP contribution in [0, 0.1) is 0 Å². The first kappa shape index (κ1) is 17.2. The van der Waals surface area contributed by atoms with Crippen LogP contribution in [-0.4, -0.2) is 58.5 Å². The van der Waals surface area contributed by atoms with E-state index in [9.17, 15) is 4.79 Å². The highest BCUT2D eigenvalue weighted by Gasteiger charge is 2.25. The van der Waals surface area contributed by atoms with Crippen molar-refractivity contribution in [2.45, 2.75) is 19.1 Å². The van der Waals surface area contributed by atoms with E-state index >= 15 is 0 Å². The summed E-state index contributed by atoms with van der Waals surface area (Å²) in [5.41, 5.74) is 2.03. The fourth-order valence-electron chi connectivity index (χ4n) is 2.73. The number of hydrogen-bond donors (Lipinski definition) is 2. The minimum atomic E-state index is -0.227. The van der Waals surface area contributed by atoms with Gasteiger partial charge >= 0.3 is 6.01 Å². The van der Waals surface area contributed by atoms with Crippen molar-refractivity contribution >= 4 is 5.91 Å². The first-order valence-electron chi connectivity index (χ1n) is 8.22. The molecule has 1 amide bonds. The fraction of sp³-hybridized carbons (Fsp3) is 0.412. The Hall–Kier alpha value is -2.58. The molecule has 0 spiro atoms. The zero-order chi connectivity index (χ0) is 17.5. The number of pyridine rings is 1. The van der Waals surface area contributed by atoms with Gasteiger partial charge in [0.15, 0.2) is 0 Å². The first-order chi connectivity index (χ1) is 12.2. The lowest BCUT2D eigenvalue weighted by molar-refractivity contribution is -0.124. The van der Waals surface area contributed by atoms with E-state index in [4.69, 9.17) is 4.74 Å². The maximum Gasteiger partial charge on any atom is 0.316 e. The Morgan fingerprint density at radius 3 is 2.80 bits per heavy atom. The SMILES string of the molecule is COc1ncc(CN2CCNC(C(=O)NCc3ccncc3)C2)cn1. The maximum absolute atomic E-state index is 12.4. The van der Waals surface area contributed by atoms with Crippen LogP contribution in [0.3, 0.4) is 0 Å². The fourth-order valence-corrected chi connectivity index (χ4v) is 2.73. The van der Waals surface area contributed by atoms with E-state index < -0.39 is 0 Å². The summed E-state index contributed by atoms with van der Waals surface area (Å²) in [5, 5.41) is 6.24. The number of amides is 1. The van der Waals surface area contributed by atoms with E-state index in [-0.39, 0.29) is 11.9 Å². The molecule has 3 heterocycles. The second kappa shape index (κ2) is 8.50. The van der Waals surface area contributed by atoms with Crippen molar-refractivity contribution in [3.63, 3.8) is 0 Å². The van der Waals surface area contributed by atoms with Crippen molar-refractivity contribution < 1.29 is 9.53 Å². The number of carbonyl (C=O) groups is 1. The van der Waals surface area contributed by atoms with E-state index in [0.717, 1.165) is 24.2 Å². The topological polar surface area (TPSA) is 92.3 Å². The van der Waals surface area contributed by atoms with Crippen molar-refractivity contribution in [3.05, 3.63) is 48.0 Å². The van der Waals surface area contributed by atoms with Crippen molar-refractivity contribution in [3.8, 4) is 6.01 Å². The summed E-state index contributed by atoms with van der Waals surface area (Å²) in [4.78, 5) is 26.8. The van der Waals surface area contributed by atoms with Gasteiger partial charge < -0.3 is 15.4 Å². The molecule has 2 aromatic rings. The number of hydrogen-bond acceptors (Lipinski definition) is 7. The van der Waals surface area contributed by atoms with E-state index in [2.05, 4.69) is 30.5 Å². The van der Waals surface area contributed by atoms with Gasteiger partial charge in [-0.3, -0.25) is 14.7 Å². The van der Waals surface area contributed by atoms with Crippen LogP contribution < -0.4 is 15.4 Å². The third-order valence-electron chi connectivity index (χ3n) is 4.06. The molecule has 0 radical (unpaired) electrons. The van der Waals surface area contributed by atoms with Crippen LogP contribution in [0.25, 0.3) is 0 Å². The Labute approximate surface area is 146 Å². The van der Waals surface area contributed by atoms with Crippen LogP contribution in [0.15, 0.2) is 36.9 Å². The number of ether oxygens (including phenoxy) is 1. The Balaban J connectivity index is 1.50. The Bertz CT molecular complexity index is 679. The summed E-state index contributed by atoms with van der Waals surface area (Å²) in [6, 6.07) is 3.92. The van der Waals surface area contributed by atoms with Gasteiger partial charge in [-0.05, 0) is 17.7 Å². The van der Waals surface area contributed by atoms with Gasteiger partial charge in [0.05, 0.1) is 13.2 Å². The van der Waals surface area contributed by atoms with E-state index in [1.165, 1.54) is 0 Å². The van der Waals surface area contributed by atoms with Crippen LogP contribution in [0.1, 0.15) is 11.1 Å². The van der Waals surface area contributed by atoms with Crippen molar-refractivity contribution in [1.82, 2.24) is 30.5 Å². The van der Waals surface area contributed by atoms with Crippen LogP contribution >= 0.6 is 0 Å². The Kier molecular flexibility index (Phi) is 5.86. The zero-order valence-electron chi connectivity index (χ0n) is 14.2. The lowest BCUT2D eigenvalue weighted by Gasteiger charge is -2.32. The van der Waals surface area contributed by atoms with Gasteiger partial charge in [-0.2, -0.15) is 0 Å². The quantitative estimate of drug-likeness (QED) is 0.761. The lowest BCUT2D eigenvalue weighted by atomic mass is 10.1. The number of carbonyl (C=O) groups excluding carboxylic acids is 1. The van der Waals surface area contributed by atoms with Crippen molar-refractivity contribution in [2.75, 3.05) is 26.7 Å². The molecular weight excluding hydrogens is 320 g/mol. The zero-order valence-corrected chi connectivity index (χ0v) is 14.2. The summed E-state index contributed by atoms with van der Waals surface area (Å²) >= 11 is 0. The average molecular weight is 342 g/mol. The molecule has 0 bridgehead atoms. The molecule has 8 heteroatoms. The monoisotopic (exact) mass is 342 g/mol. The molecule has 2 aromatic heterocycles. The van der Waals surface area contributed by atoms with Crippen LogP contribution in [0.5, 0.6) is 6.01 Å². The van der Waals surface area contributed by atoms with Gasteiger partial charge in [-0.25, -0.2) is 9.97 Å². The summed E-state index contributed by atoms with van der Waals surface area (Å²) in [5.74, 6) is 0.00694. The minimum absolute atomic E-state index is 0.00694. The lowest BCUT2D eigenvalue weighted by Crippen LogP contribution is -2.56. The molecule has 25 heavy (non-hydrogen) atoms. The standard InChI is InChI=1S/C17H22N6O2/c1-25-17-21-9-14(10-22-17)11-23-7-6-19-15(12-23)16(24)20-8-13-2-4-18-5-3-13/h2-5,9-10,15,19H,6-8,11-12H2,1H3,(H,20,24). The molecule has 0 aliphatic carbocycles. The summed E-state index contributed by atoms with van der Waals surface area (Å²) < 4.78 is 4.97. The molecular formula is C17H22N6O2. The van der Waals surface area contributed by atoms with Crippen LogP contribution in [0.4, 0.5) is 0 Å². The Morgan fingerprint density at radius 1 is 1.32 bits per heavy atom. The second-order valence-corrected chi connectivity index (χ2v) is 5.89. The Morgan fingerprint density at radius 2 is 2.08 bits per heavy atom. The molecule has 1 aliphatic rings. The van der Waals surface area contributed by atoms with Gasteiger partial charge in [-0.1, -0.05) is 0 Å². The maximum atomic E-state index is 12.4. The third-order valence-corrected chi connectivity index (χ3v) is 4.06. The number of methoxy groups -OCH3 is 1. The molecule has 2 N–H and O–H groups in total. The molecule has 1 unspecified atom stereocenters. The summed E-state index contributed by atoms with van der Waals surface area (Å²) in [7, 11) is 1.54. The predicted octanol–water partition coefficient (Wildman–Crippen LogP) is -0.0296. The molecule has 1 atom stereocenters. The van der Waals surface area contributed by atoms with E-state index in [0.29, 0.717) is 25.6 Å². The van der Waals surface area contributed by atoms with Crippen molar-refractivity contribution in [2.24, 2.45) is 0 Å². The van der Waals surface area contributed by atoms with Crippen LogP contribution in [0.2, 0.25) is 0 Å². The predicted molar refractivity (Wildman–Crippen MR) is 91.7 cm³/mol. The van der Waals surface area contributed by atoms with Gasteiger partial charge in [0.1, 0.15) is 0 Å². The molecule has 1 fully saturated rings. The van der Waals surface area contributed by atoms with E-state index in [1.54, 1.807) is 31.9 Å². The molecule has 132 valence electrons. The highest BCUT2D eigenvalue weighted by Crippen LogP contribution is 2.08. The minimum Gasteiger partial charge on any atom is -0.467 e. The highest BCUT2D eigenvalue weighted by molar-refractivity contribution is 5.82. The molecule has 8 nitrogen and oxygen atoms in total. The summed E-state index contributed by atoms with van der Waals surface area (Å²) in [6.07, 6.45) is 6.96. The number of rotatable bonds is 6. The molecule has 1 aliphatic heterocycles. The van der Waals surface area contributed by atoms with Gasteiger partial charge in [0, 0.05) is 63.1 Å². The van der Waals surface area contributed by atoms with E-state index in [1.807, 2.05) is 12.1 Å².